The van der Waals surface area contributed by atoms with E-state index in [9.17, 15) is 4.79 Å². The molecule has 0 radical (unpaired) electrons. The van der Waals surface area contributed by atoms with Crippen molar-refractivity contribution in [3.8, 4) is 0 Å². The van der Waals surface area contributed by atoms with Gasteiger partial charge in [-0.15, -0.1) is 11.3 Å². The van der Waals surface area contributed by atoms with Crippen LogP contribution in [0.1, 0.15) is 72.3 Å². The maximum absolute atomic E-state index is 12.7. The lowest BCUT2D eigenvalue weighted by Gasteiger charge is -2.40. The highest BCUT2D eigenvalue weighted by Gasteiger charge is 2.45. The summed E-state index contributed by atoms with van der Waals surface area (Å²) in [4.78, 5) is 20.5. The van der Waals surface area contributed by atoms with Crippen molar-refractivity contribution >= 4 is 17.2 Å². The van der Waals surface area contributed by atoms with E-state index < -0.39 is 0 Å². The van der Waals surface area contributed by atoms with Crippen LogP contribution in [-0.2, 0) is 10.2 Å². The first-order valence-corrected chi connectivity index (χ1v) is 11.4. The van der Waals surface area contributed by atoms with Crippen LogP contribution in [0.3, 0.4) is 0 Å². The fourth-order valence-electron chi connectivity index (χ4n) is 4.65. The monoisotopic (exact) mass is 401 g/mol. The molecule has 7 heteroatoms. The van der Waals surface area contributed by atoms with E-state index in [1.54, 1.807) is 0 Å². The normalized spacial score (nSPS) is 23.1. The minimum Gasteiger partial charge on any atom is -0.381 e. The molecule has 4 heterocycles. The summed E-state index contributed by atoms with van der Waals surface area (Å²) < 4.78 is 11.2. The summed E-state index contributed by atoms with van der Waals surface area (Å²) >= 11 is 1.52. The molecule has 3 fully saturated rings. The second-order valence-corrected chi connectivity index (χ2v) is 9.49. The Hall–Kier alpha value is -1.73. The number of thiophene rings is 1. The molecule has 6 nitrogen and oxygen atoms in total. The summed E-state index contributed by atoms with van der Waals surface area (Å²) in [6, 6.07) is 3.86. The van der Waals surface area contributed by atoms with Gasteiger partial charge in [-0.3, -0.25) is 4.79 Å². The van der Waals surface area contributed by atoms with E-state index in [2.05, 4.69) is 5.16 Å². The maximum atomic E-state index is 12.7. The van der Waals surface area contributed by atoms with Crippen molar-refractivity contribution in [2.24, 2.45) is 5.92 Å². The standard InChI is InChI=1S/C21H27N3O3S/c25-19(17-2-1-13-28-17)24-9-7-21(8-10-24,14-15-3-4-15)20-22-18(27-23-20)16-5-11-26-12-6-16/h1-2,13,15-16H,3-12,14H2. The Morgan fingerprint density at radius 3 is 2.68 bits per heavy atom. The second kappa shape index (κ2) is 7.59. The van der Waals surface area contributed by atoms with Crippen molar-refractivity contribution < 1.29 is 14.1 Å². The first kappa shape index (κ1) is 18.3. The van der Waals surface area contributed by atoms with Gasteiger partial charge in [-0.05, 0) is 49.5 Å². The molecule has 3 aliphatic rings. The lowest BCUT2D eigenvalue weighted by molar-refractivity contribution is 0.0650. The second-order valence-electron chi connectivity index (χ2n) is 8.54. The van der Waals surface area contributed by atoms with E-state index in [4.69, 9.17) is 14.2 Å². The first-order valence-electron chi connectivity index (χ1n) is 10.5. The molecule has 0 spiro atoms. The summed E-state index contributed by atoms with van der Waals surface area (Å²) in [5.41, 5.74) is -0.0414. The van der Waals surface area contributed by atoms with Gasteiger partial charge >= 0.3 is 0 Å². The van der Waals surface area contributed by atoms with Gasteiger partial charge in [-0.1, -0.05) is 24.1 Å². The Morgan fingerprint density at radius 2 is 2.00 bits per heavy atom. The predicted octanol–water partition coefficient (Wildman–Crippen LogP) is 4.00. The van der Waals surface area contributed by atoms with Gasteiger partial charge in [0, 0.05) is 37.6 Å². The average molecular weight is 402 g/mol. The number of amides is 1. The van der Waals surface area contributed by atoms with Gasteiger partial charge in [0.15, 0.2) is 5.82 Å². The number of piperidine rings is 1. The Balaban J connectivity index is 1.33. The number of nitrogens with zero attached hydrogens (tertiary/aromatic N) is 3. The average Bonchev–Trinajstić information content (AvgIpc) is 3.21. The molecule has 1 amide bonds. The van der Waals surface area contributed by atoms with Crippen LogP contribution < -0.4 is 0 Å². The molecule has 0 bridgehead atoms. The number of hydrogen-bond acceptors (Lipinski definition) is 6. The van der Waals surface area contributed by atoms with Gasteiger partial charge in [0.05, 0.1) is 4.88 Å². The highest BCUT2D eigenvalue weighted by molar-refractivity contribution is 7.12. The van der Waals surface area contributed by atoms with Gasteiger partial charge in [0.2, 0.25) is 5.89 Å². The first-order chi connectivity index (χ1) is 13.7. The predicted molar refractivity (Wildman–Crippen MR) is 106 cm³/mol. The van der Waals surface area contributed by atoms with Crippen molar-refractivity contribution in [3.63, 3.8) is 0 Å². The third-order valence-electron chi connectivity index (χ3n) is 6.60. The fourth-order valence-corrected chi connectivity index (χ4v) is 5.34. The van der Waals surface area contributed by atoms with Crippen LogP contribution in [0.25, 0.3) is 0 Å². The summed E-state index contributed by atoms with van der Waals surface area (Å²) in [5.74, 6) is 2.93. The van der Waals surface area contributed by atoms with Crippen molar-refractivity contribution in [2.75, 3.05) is 26.3 Å². The third-order valence-corrected chi connectivity index (χ3v) is 7.46. The zero-order valence-electron chi connectivity index (χ0n) is 16.1. The highest BCUT2D eigenvalue weighted by atomic mass is 32.1. The number of carbonyl (C=O) groups excluding carboxylic acids is 1. The Morgan fingerprint density at radius 1 is 1.21 bits per heavy atom. The number of likely N-dealkylation sites (tertiary alicyclic amines) is 1. The third kappa shape index (κ3) is 3.62. The number of aromatic nitrogens is 2. The van der Waals surface area contributed by atoms with Crippen LogP contribution in [0.5, 0.6) is 0 Å². The lowest BCUT2D eigenvalue weighted by Crippen LogP contribution is -2.45. The molecular formula is C21H27N3O3S. The molecular weight excluding hydrogens is 374 g/mol. The number of rotatable bonds is 5. The molecule has 0 N–H and O–H groups in total. The Bertz CT molecular complexity index is 801. The summed E-state index contributed by atoms with van der Waals surface area (Å²) in [6.07, 6.45) is 7.51. The Labute approximate surface area is 169 Å². The van der Waals surface area contributed by atoms with E-state index in [1.165, 1.54) is 24.2 Å². The van der Waals surface area contributed by atoms with E-state index >= 15 is 0 Å². The van der Waals surface area contributed by atoms with E-state index in [0.29, 0.717) is 5.92 Å². The van der Waals surface area contributed by atoms with Gasteiger partial charge in [-0.2, -0.15) is 4.98 Å². The highest BCUT2D eigenvalue weighted by Crippen LogP contribution is 2.47. The molecule has 2 aromatic heterocycles. The molecule has 150 valence electrons. The van der Waals surface area contributed by atoms with Crippen LogP contribution in [-0.4, -0.2) is 47.3 Å². The summed E-state index contributed by atoms with van der Waals surface area (Å²) in [5, 5.41) is 6.42. The van der Waals surface area contributed by atoms with Crippen molar-refractivity contribution in [1.29, 1.82) is 0 Å². The molecule has 0 aromatic carbocycles. The molecule has 28 heavy (non-hydrogen) atoms. The number of ether oxygens (including phenoxy) is 1. The molecule has 0 atom stereocenters. The lowest BCUT2D eigenvalue weighted by atomic mass is 9.73. The minimum atomic E-state index is -0.0414. The molecule has 0 unspecified atom stereocenters. The van der Waals surface area contributed by atoms with Gasteiger partial charge in [0.1, 0.15) is 0 Å². The quantitative estimate of drug-likeness (QED) is 0.757. The molecule has 2 saturated heterocycles. The molecule has 1 saturated carbocycles. The van der Waals surface area contributed by atoms with Crippen molar-refractivity contribution in [2.45, 2.75) is 56.3 Å². The summed E-state index contributed by atoms with van der Waals surface area (Å²) in [7, 11) is 0. The zero-order chi connectivity index (χ0) is 19.0. The smallest absolute Gasteiger partial charge is 0.263 e. The maximum Gasteiger partial charge on any atom is 0.263 e. The van der Waals surface area contributed by atoms with Crippen molar-refractivity contribution in [3.05, 3.63) is 34.1 Å². The SMILES string of the molecule is O=C(c1cccs1)N1CCC(CC2CC2)(c2noc(C3CCOCC3)n2)CC1. The van der Waals surface area contributed by atoms with Crippen LogP contribution in [0.4, 0.5) is 0 Å². The molecule has 2 aromatic rings. The topological polar surface area (TPSA) is 68.5 Å². The summed E-state index contributed by atoms with van der Waals surface area (Å²) in [6.45, 7) is 3.08. The van der Waals surface area contributed by atoms with Crippen LogP contribution >= 0.6 is 11.3 Å². The van der Waals surface area contributed by atoms with Crippen molar-refractivity contribution in [1.82, 2.24) is 15.0 Å². The van der Waals surface area contributed by atoms with Gasteiger partial charge in [0.25, 0.3) is 5.91 Å². The minimum absolute atomic E-state index is 0.0414. The molecule has 1 aliphatic carbocycles. The number of carbonyl (C=O) groups is 1. The van der Waals surface area contributed by atoms with Crippen LogP contribution in [0, 0.1) is 5.92 Å². The number of hydrogen-bond donors (Lipinski definition) is 0. The van der Waals surface area contributed by atoms with E-state index in [0.717, 1.165) is 80.9 Å². The van der Waals surface area contributed by atoms with Gasteiger partial charge in [-0.25, -0.2) is 0 Å². The Kier molecular flexibility index (Phi) is 4.97. The fraction of sp³-hybridized carbons (Fsp3) is 0.667. The molecule has 2 aliphatic heterocycles. The largest absolute Gasteiger partial charge is 0.381 e. The van der Waals surface area contributed by atoms with Gasteiger partial charge < -0.3 is 14.2 Å². The van der Waals surface area contributed by atoms with Crippen LogP contribution in [0.2, 0.25) is 0 Å². The van der Waals surface area contributed by atoms with Crippen LogP contribution in [0.15, 0.2) is 22.0 Å². The molecule has 5 rings (SSSR count). The van der Waals surface area contributed by atoms with E-state index in [1.807, 2.05) is 22.4 Å². The van der Waals surface area contributed by atoms with E-state index in [-0.39, 0.29) is 11.3 Å². The zero-order valence-corrected chi connectivity index (χ0v) is 17.0.